The van der Waals surface area contributed by atoms with Crippen molar-refractivity contribution in [1.29, 1.82) is 0 Å². The zero-order valence-electron chi connectivity index (χ0n) is 18.3. The van der Waals surface area contributed by atoms with Crippen molar-refractivity contribution >= 4 is 34.4 Å². The third-order valence-electron chi connectivity index (χ3n) is 6.01. The number of nitrogens with zero attached hydrogens (tertiary/aromatic N) is 5. The molecule has 7 nitrogen and oxygen atoms in total. The van der Waals surface area contributed by atoms with Crippen LogP contribution in [0.15, 0.2) is 67.0 Å². The number of fused-ring (bicyclic) bond motifs is 1. The van der Waals surface area contributed by atoms with Crippen LogP contribution in [0.5, 0.6) is 5.75 Å². The summed E-state index contributed by atoms with van der Waals surface area (Å²) in [5.74, 6) is 1.50. The molecule has 33 heavy (non-hydrogen) atoms. The Labute approximate surface area is 197 Å². The van der Waals surface area contributed by atoms with Gasteiger partial charge in [-0.15, -0.1) is 0 Å². The summed E-state index contributed by atoms with van der Waals surface area (Å²) in [7, 11) is 1.66. The lowest BCUT2D eigenvalue weighted by Crippen LogP contribution is -2.49. The second-order valence-electron chi connectivity index (χ2n) is 7.96. The lowest BCUT2D eigenvalue weighted by molar-refractivity contribution is 0.0736. The second-order valence-corrected chi connectivity index (χ2v) is 8.40. The van der Waals surface area contributed by atoms with Crippen molar-refractivity contribution in [2.45, 2.75) is 6.54 Å². The van der Waals surface area contributed by atoms with Gasteiger partial charge in [-0.05, 0) is 36.4 Å². The molecule has 1 fully saturated rings. The van der Waals surface area contributed by atoms with E-state index >= 15 is 0 Å². The van der Waals surface area contributed by atoms with Gasteiger partial charge < -0.3 is 19.1 Å². The molecule has 1 amide bonds. The van der Waals surface area contributed by atoms with Crippen molar-refractivity contribution in [3.63, 3.8) is 0 Å². The Bertz CT molecular complexity index is 1280. The zero-order chi connectivity index (χ0) is 22.8. The van der Waals surface area contributed by atoms with Gasteiger partial charge in [0.15, 0.2) is 0 Å². The first kappa shape index (κ1) is 21.3. The number of halogens is 1. The summed E-state index contributed by atoms with van der Waals surface area (Å²) >= 11 is 6.25. The van der Waals surface area contributed by atoms with Gasteiger partial charge in [0.25, 0.3) is 5.91 Å². The molecule has 4 aromatic rings. The largest absolute Gasteiger partial charge is 0.496 e. The lowest BCUT2D eigenvalue weighted by Gasteiger charge is -2.34. The van der Waals surface area contributed by atoms with E-state index < -0.39 is 0 Å². The molecule has 0 saturated carbocycles. The van der Waals surface area contributed by atoms with Crippen molar-refractivity contribution in [2.24, 2.45) is 0 Å². The molecule has 8 heteroatoms. The van der Waals surface area contributed by atoms with Crippen molar-refractivity contribution in [3.05, 3.63) is 83.3 Å². The van der Waals surface area contributed by atoms with Gasteiger partial charge in [0, 0.05) is 60.1 Å². The Morgan fingerprint density at radius 2 is 1.76 bits per heavy atom. The fraction of sp³-hybridized carbons (Fsp3) is 0.240. The van der Waals surface area contributed by atoms with Crippen molar-refractivity contribution < 1.29 is 9.53 Å². The van der Waals surface area contributed by atoms with Gasteiger partial charge in [0.2, 0.25) is 5.95 Å². The van der Waals surface area contributed by atoms with Crippen molar-refractivity contribution in [3.8, 4) is 5.75 Å². The molecule has 168 valence electrons. The SMILES string of the molecule is COc1ccccc1Cn1c(C(=O)N2CCN(c3ncccn3)CC2)cc2cc(Cl)ccc21. The van der Waals surface area contributed by atoms with Crippen LogP contribution in [0.1, 0.15) is 16.1 Å². The van der Waals surface area contributed by atoms with Gasteiger partial charge in [-0.25, -0.2) is 9.97 Å². The van der Waals surface area contributed by atoms with Gasteiger partial charge in [-0.2, -0.15) is 0 Å². The fourth-order valence-electron chi connectivity index (χ4n) is 4.32. The molecule has 0 radical (unpaired) electrons. The molecule has 3 heterocycles. The molecule has 0 atom stereocenters. The molecule has 2 aromatic carbocycles. The molecule has 1 aliphatic rings. The minimum atomic E-state index is 0.00542. The number of anilines is 1. The first-order chi connectivity index (χ1) is 16.1. The summed E-state index contributed by atoms with van der Waals surface area (Å²) in [4.78, 5) is 26.3. The predicted octanol–water partition coefficient (Wildman–Crippen LogP) is 4.10. The average Bonchev–Trinajstić information content (AvgIpc) is 3.21. The molecule has 0 unspecified atom stereocenters. The van der Waals surface area contributed by atoms with E-state index in [-0.39, 0.29) is 5.91 Å². The summed E-state index contributed by atoms with van der Waals surface area (Å²) < 4.78 is 7.60. The summed E-state index contributed by atoms with van der Waals surface area (Å²) in [6.07, 6.45) is 3.47. The number of aromatic nitrogens is 3. The Morgan fingerprint density at radius 1 is 1.00 bits per heavy atom. The Balaban J connectivity index is 1.45. The number of piperazine rings is 1. The number of amides is 1. The normalized spacial score (nSPS) is 14.0. The van der Waals surface area contributed by atoms with E-state index in [0.29, 0.717) is 49.4 Å². The minimum absolute atomic E-state index is 0.00542. The zero-order valence-corrected chi connectivity index (χ0v) is 19.1. The summed E-state index contributed by atoms with van der Waals surface area (Å²) in [5, 5.41) is 1.59. The number of para-hydroxylation sites is 1. The van der Waals surface area contributed by atoms with Crippen LogP contribution in [0.4, 0.5) is 5.95 Å². The van der Waals surface area contributed by atoms with Crippen LogP contribution in [-0.2, 0) is 6.54 Å². The summed E-state index contributed by atoms with van der Waals surface area (Å²) in [6.45, 7) is 3.11. The van der Waals surface area contributed by atoms with Gasteiger partial charge in [-0.1, -0.05) is 29.8 Å². The van der Waals surface area contributed by atoms with Crippen LogP contribution in [0.3, 0.4) is 0 Å². The topological polar surface area (TPSA) is 63.5 Å². The van der Waals surface area contributed by atoms with Gasteiger partial charge in [0.05, 0.1) is 13.7 Å². The van der Waals surface area contributed by atoms with E-state index in [1.54, 1.807) is 25.6 Å². The van der Waals surface area contributed by atoms with Crippen LogP contribution in [-0.4, -0.2) is 58.6 Å². The number of ether oxygens (including phenoxy) is 1. The maximum atomic E-state index is 13.7. The van der Waals surface area contributed by atoms with Crippen LogP contribution >= 0.6 is 11.6 Å². The molecule has 1 aliphatic heterocycles. The quantitative estimate of drug-likeness (QED) is 0.447. The molecule has 5 rings (SSSR count). The Hall–Kier alpha value is -3.58. The predicted molar refractivity (Wildman–Crippen MR) is 129 cm³/mol. The maximum Gasteiger partial charge on any atom is 0.270 e. The average molecular weight is 462 g/mol. The highest BCUT2D eigenvalue weighted by atomic mass is 35.5. The molecular formula is C25H24ClN5O2. The Kier molecular flexibility index (Phi) is 5.88. The number of hydrogen-bond acceptors (Lipinski definition) is 5. The maximum absolute atomic E-state index is 13.7. The highest BCUT2D eigenvalue weighted by molar-refractivity contribution is 6.31. The molecule has 0 spiro atoms. The Morgan fingerprint density at radius 3 is 2.52 bits per heavy atom. The molecule has 0 N–H and O–H groups in total. The van der Waals surface area contributed by atoms with Gasteiger partial charge in [-0.3, -0.25) is 4.79 Å². The number of hydrogen-bond donors (Lipinski definition) is 0. The number of methoxy groups -OCH3 is 1. The van der Waals surface area contributed by atoms with Gasteiger partial charge in [0.1, 0.15) is 11.4 Å². The van der Waals surface area contributed by atoms with E-state index in [9.17, 15) is 4.79 Å². The number of carbonyl (C=O) groups excluding carboxylic acids is 1. The number of rotatable bonds is 5. The first-order valence-corrected chi connectivity index (χ1v) is 11.2. The number of benzene rings is 2. The molecule has 2 aromatic heterocycles. The van der Waals surface area contributed by atoms with Crippen molar-refractivity contribution in [2.75, 3.05) is 38.2 Å². The molecule has 0 aliphatic carbocycles. The fourth-order valence-corrected chi connectivity index (χ4v) is 4.50. The van der Waals surface area contributed by atoms with Gasteiger partial charge >= 0.3 is 0 Å². The summed E-state index contributed by atoms with van der Waals surface area (Å²) in [6, 6.07) is 17.3. The smallest absolute Gasteiger partial charge is 0.270 e. The van der Waals surface area contributed by atoms with E-state index in [2.05, 4.69) is 19.4 Å². The van der Waals surface area contributed by atoms with Crippen LogP contribution in [0.25, 0.3) is 10.9 Å². The van der Waals surface area contributed by atoms with E-state index in [0.717, 1.165) is 22.2 Å². The molecular weight excluding hydrogens is 438 g/mol. The first-order valence-electron chi connectivity index (χ1n) is 10.9. The van der Waals surface area contributed by atoms with Crippen molar-refractivity contribution in [1.82, 2.24) is 19.4 Å². The molecule has 1 saturated heterocycles. The van der Waals surface area contributed by atoms with E-state index in [4.69, 9.17) is 16.3 Å². The minimum Gasteiger partial charge on any atom is -0.496 e. The number of carbonyl (C=O) groups is 1. The highest BCUT2D eigenvalue weighted by Crippen LogP contribution is 2.28. The molecule has 0 bridgehead atoms. The highest BCUT2D eigenvalue weighted by Gasteiger charge is 2.26. The van der Waals surface area contributed by atoms with Crippen LogP contribution < -0.4 is 9.64 Å². The van der Waals surface area contributed by atoms with E-state index in [1.165, 1.54) is 0 Å². The third kappa shape index (κ3) is 4.24. The van der Waals surface area contributed by atoms with Crippen LogP contribution in [0.2, 0.25) is 5.02 Å². The standard InChI is InChI=1S/C25H24ClN5O2/c1-33-23-6-3-2-5-18(23)17-31-21-8-7-20(26)15-19(21)16-22(31)24(32)29-11-13-30(14-12-29)25-27-9-4-10-28-25/h2-10,15-16H,11-14,17H2,1H3. The second kappa shape index (κ2) is 9.11. The lowest BCUT2D eigenvalue weighted by atomic mass is 10.2. The third-order valence-corrected chi connectivity index (χ3v) is 6.24. The summed E-state index contributed by atoms with van der Waals surface area (Å²) in [5.41, 5.74) is 2.61. The van der Waals surface area contributed by atoms with E-state index in [1.807, 2.05) is 53.4 Å². The monoisotopic (exact) mass is 461 g/mol. The van der Waals surface area contributed by atoms with Crippen LogP contribution in [0, 0.1) is 0 Å².